The van der Waals surface area contributed by atoms with Crippen LogP contribution in [0, 0.1) is 5.41 Å². The summed E-state index contributed by atoms with van der Waals surface area (Å²) in [5, 5.41) is 6.52. The lowest BCUT2D eigenvalue weighted by Crippen LogP contribution is -2.62. The van der Waals surface area contributed by atoms with Crippen LogP contribution in [-0.4, -0.2) is 31.2 Å². The minimum Gasteiger partial charge on any atom is -0.384 e. The van der Waals surface area contributed by atoms with Gasteiger partial charge in [0.25, 0.3) is 0 Å². The smallest absolute Gasteiger partial charge is 0.229 e. The Hall–Kier alpha value is -1.55. The lowest BCUT2D eigenvalue weighted by atomic mass is 9.64. The highest BCUT2D eigenvalue weighted by molar-refractivity contribution is 5.88. The van der Waals surface area contributed by atoms with Crippen molar-refractivity contribution in [3.05, 3.63) is 29.8 Å². The average molecular weight is 288 g/mol. The second-order valence-electron chi connectivity index (χ2n) is 6.58. The predicted molar refractivity (Wildman–Crippen MR) is 83.4 cm³/mol. The average Bonchev–Trinajstić information content (AvgIpc) is 2.90. The first-order valence-corrected chi connectivity index (χ1v) is 7.78. The highest BCUT2D eigenvalue weighted by Gasteiger charge is 2.50. The van der Waals surface area contributed by atoms with Gasteiger partial charge in [-0.1, -0.05) is 32.0 Å². The molecule has 1 aliphatic heterocycles. The third-order valence-electron chi connectivity index (χ3n) is 5.01. The van der Waals surface area contributed by atoms with Gasteiger partial charge in [-0.2, -0.15) is 0 Å². The molecule has 2 aliphatic rings. The van der Waals surface area contributed by atoms with Crippen molar-refractivity contribution >= 4 is 11.6 Å². The molecule has 0 bridgehead atoms. The Balaban J connectivity index is 1.64. The number of nitrogens with one attached hydrogen (secondary N) is 2. The summed E-state index contributed by atoms with van der Waals surface area (Å²) in [7, 11) is 0. The van der Waals surface area contributed by atoms with Crippen molar-refractivity contribution in [2.75, 3.05) is 18.5 Å². The summed E-state index contributed by atoms with van der Waals surface area (Å²) in [5.74, 6) is 0.0450. The van der Waals surface area contributed by atoms with Gasteiger partial charge < -0.3 is 15.4 Å². The van der Waals surface area contributed by atoms with Gasteiger partial charge in [0.15, 0.2) is 0 Å². The molecule has 0 saturated heterocycles. The molecule has 1 aromatic rings. The molecular formula is C17H24N2O2. The molecule has 4 heteroatoms. The minimum absolute atomic E-state index is 0.0111. The maximum absolute atomic E-state index is 12.6. The van der Waals surface area contributed by atoms with E-state index in [9.17, 15) is 4.79 Å². The second kappa shape index (κ2) is 5.34. The van der Waals surface area contributed by atoms with Gasteiger partial charge in [-0.05, 0) is 25.0 Å². The third-order valence-corrected chi connectivity index (χ3v) is 5.01. The molecule has 1 amide bonds. The van der Waals surface area contributed by atoms with Gasteiger partial charge in [0, 0.05) is 30.3 Å². The zero-order chi connectivity index (χ0) is 15.0. The number of benzene rings is 1. The number of para-hydroxylation sites is 1. The summed E-state index contributed by atoms with van der Waals surface area (Å²) >= 11 is 0. The van der Waals surface area contributed by atoms with Crippen molar-refractivity contribution < 1.29 is 9.53 Å². The van der Waals surface area contributed by atoms with Crippen LogP contribution in [0.3, 0.4) is 0 Å². The molecule has 1 fully saturated rings. The Bertz CT molecular complexity index is 541. The lowest BCUT2D eigenvalue weighted by Gasteiger charge is -2.51. The largest absolute Gasteiger partial charge is 0.384 e. The van der Waals surface area contributed by atoms with Crippen molar-refractivity contribution in [3.8, 4) is 0 Å². The summed E-state index contributed by atoms with van der Waals surface area (Å²) in [4.78, 5) is 12.6. The third kappa shape index (κ3) is 2.42. The Morgan fingerprint density at radius 2 is 2.19 bits per heavy atom. The molecular weight excluding hydrogens is 264 g/mol. The number of anilines is 1. The van der Waals surface area contributed by atoms with Gasteiger partial charge in [0.05, 0.1) is 12.0 Å². The molecule has 3 atom stereocenters. The van der Waals surface area contributed by atoms with Crippen molar-refractivity contribution in [1.29, 1.82) is 0 Å². The van der Waals surface area contributed by atoms with Gasteiger partial charge in [0.1, 0.15) is 0 Å². The van der Waals surface area contributed by atoms with E-state index >= 15 is 0 Å². The molecule has 1 heterocycles. The van der Waals surface area contributed by atoms with Gasteiger partial charge in [-0.15, -0.1) is 0 Å². The highest BCUT2D eigenvalue weighted by Crippen LogP contribution is 2.43. The molecule has 114 valence electrons. The van der Waals surface area contributed by atoms with Gasteiger partial charge in [-0.3, -0.25) is 4.79 Å². The van der Waals surface area contributed by atoms with Gasteiger partial charge in [0.2, 0.25) is 5.91 Å². The molecule has 4 nitrogen and oxygen atoms in total. The van der Waals surface area contributed by atoms with Crippen molar-refractivity contribution in [3.63, 3.8) is 0 Å². The van der Waals surface area contributed by atoms with E-state index in [2.05, 4.69) is 24.5 Å². The van der Waals surface area contributed by atoms with Crippen LogP contribution >= 0.6 is 0 Å². The number of hydrogen-bond donors (Lipinski definition) is 2. The number of rotatable bonds is 4. The quantitative estimate of drug-likeness (QED) is 0.895. The molecule has 3 unspecified atom stereocenters. The highest BCUT2D eigenvalue weighted by atomic mass is 16.5. The zero-order valence-electron chi connectivity index (χ0n) is 13.0. The van der Waals surface area contributed by atoms with Crippen molar-refractivity contribution in [2.45, 2.75) is 45.3 Å². The molecule has 3 rings (SSSR count). The maximum atomic E-state index is 12.6. The van der Waals surface area contributed by atoms with E-state index in [1.54, 1.807) is 0 Å². The van der Waals surface area contributed by atoms with E-state index in [4.69, 9.17) is 4.74 Å². The summed E-state index contributed by atoms with van der Waals surface area (Å²) in [5.41, 5.74) is 2.20. The molecule has 0 radical (unpaired) electrons. The number of carbonyl (C=O) groups is 1. The van der Waals surface area contributed by atoms with E-state index in [0.717, 1.165) is 24.3 Å². The minimum atomic E-state index is -0.0804. The summed E-state index contributed by atoms with van der Waals surface area (Å²) in [6, 6.07) is 8.25. The predicted octanol–water partition coefficient (Wildman–Crippen LogP) is 2.52. The van der Waals surface area contributed by atoms with Crippen LogP contribution in [0.2, 0.25) is 0 Å². The fraction of sp³-hybridized carbons (Fsp3) is 0.588. The monoisotopic (exact) mass is 288 g/mol. The normalized spacial score (nSPS) is 29.2. The maximum Gasteiger partial charge on any atom is 0.229 e. The number of amides is 1. The van der Waals surface area contributed by atoms with E-state index in [-0.39, 0.29) is 29.4 Å². The van der Waals surface area contributed by atoms with E-state index < -0.39 is 0 Å². The first-order valence-electron chi connectivity index (χ1n) is 7.78. The number of hydrogen-bond acceptors (Lipinski definition) is 3. The number of ether oxygens (including phenoxy) is 1. The first-order chi connectivity index (χ1) is 10.0. The molecule has 21 heavy (non-hydrogen) atoms. The summed E-state index contributed by atoms with van der Waals surface area (Å²) in [6.45, 7) is 7.77. The topological polar surface area (TPSA) is 50.4 Å². The van der Waals surface area contributed by atoms with Crippen LogP contribution < -0.4 is 10.6 Å². The SMILES string of the molecule is CCOC1CC(NC(=O)C2CNc3ccccc32)C1(C)C. The number of fused-ring (bicyclic) bond motifs is 1. The molecule has 0 aromatic heterocycles. The van der Waals surface area contributed by atoms with Crippen molar-refractivity contribution in [1.82, 2.24) is 5.32 Å². The Kier molecular flexibility index (Phi) is 3.66. The second-order valence-corrected chi connectivity index (χ2v) is 6.58. The zero-order valence-corrected chi connectivity index (χ0v) is 13.0. The first kappa shape index (κ1) is 14.4. The van der Waals surface area contributed by atoms with Gasteiger partial charge >= 0.3 is 0 Å². The Morgan fingerprint density at radius 3 is 2.90 bits per heavy atom. The van der Waals surface area contributed by atoms with Crippen LogP contribution in [0.25, 0.3) is 0 Å². The molecule has 2 N–H and O–H groups in total. The Labute approximate surface area is 126 Å². The molecule has 0 spiro atoms. The summed E-state index contributed by atoms with van der Waals surface area (Å²) in [6.07, 6.45) is 1.16. The standard InChI is InChI=1S/C17H24N2O2/c1-4-21-15-9-14(17(15,2)3)19-16(20)12-10-18-13-8-6-5-7-11(12)13/h5-8,12,14-15,18H,4,9-10H2,1-3H3,(H,19,20). The van der Waals surface area contributed by atoms with Crippen LogP contribution in [0.5, 0.6) is 0 Å². The van der Waals surface area contributed by atoms with Crippen LogP contribution in [0.1, 0.15) is 38.7 Å². The molecule has 1 aromatic carbocycles. The fourth-order valence-corrected chi connectivity index (χ4v) is 3.40. The molecule has 1 aliphatic carbocycles. The Morgan fingerprint density at radius 1 is 1.43 bits per heavy atom. The van der Waals surface area contributed by atoms with Crippen molar-refractivity contribution in [2.24, 2.45) is 5.41 Å². The number of carbonyl (C=O) groups excluding carboxylic acids is 1. The van der Waals surface area contributed by atoms with E-state index in [1.165, 1.54) is 0 Å². The summed E-state index contributed by atoms with van der Waals surface area (Å²) < 4.78 is 5.72. The fourth-order valence-electron chi connectivity index (χ4n) is 3.40. The molecule has 1 saturated carbocycles. The van der Waals surface area contributed by atoms with E-state index in [0.29, 0.717) is 6.54 Å². The lowest BCUT2D eigenvalue weighted by molar-refractivity contribution is -0.137. The van der Waals surface area contributed by atoms with Crippen LogP contribution in [0.4, 0.5) is 5.69 Å². The van der Waals surface area contributed by atoms with Gasteiger partial charge in [-0.25, -0.2) is 0 Å². The van der Waals surface area contributed by atoms with Crippen LogP contribution in [-0.2, 0) is 9.53 Å². The van der Waals surface area contributed by atoms with E-state index in [1.807, 2.05) is 31.2 Å². The van der Waals surface area contributed by atoms with Crippen LogP contribution in [0.15, 0.2) is 24.3 Å².